The average Bonchev–Trinajstić information content (AvgIpc) is 2.47. The number of hydrogen-bond acceptors (Lipinski definition) is 4. The molecule has 1 aromatic rings. The zero-order valence-electron chi connectivity index (χ0n) is 6.03. The van der Waals surface area contributed by atoms with E-state index < -0.39 is 0 Å². The number of rotatable bonds is 3. The van der Waals surface area contributed by atoms with E-state index in [4.69, 9.17) is 10.2 Å². The third-order valence-corrected chi connectivity index (χ3v) is 1.22. The molecular weight excluding hydrogens is 178 g/mol. The minimum absolute atomic E-state index is 0.0908. The Morgan fingerprint density at radius 3 is 3.08 bits per heavy atom. The van der Waals surface area contributed by atoms with Crippen LogP contribution in [0.1, 0.15) is 10.6 Å². The van der Waals surface area contributed by atoms with E-state index in [9.17, 15) is 4.79 Å². The van der Waals surface area contributed by atoms with Crippen LogP contribution < -0.4 is 16.6 Å². The quantitative estimate of drug-likeness (QED) is 0.356. The molecule has 0 aliphatic heterocycles. The van der Waals surface area contributed by atoms with E-state index in [2.05, 4.69) is 23.1 Å². The number of furan rings is 1. The molecule has 0 fully saturated rings. The van der Waals surface area contributed by atoms with Crippen LogP contribution in [0.3, 0.4) is 0 Å². The number of hydrazine groups is 1. The first-order chi connectivity index (χ1) is 5.74. The number of carbonyl (C=O) groups is 1. The molecule has 1 rings (SSSR count). The Hall–Kier alpha value is -1.56. The van der Waals surface area contributed by atoms with Gasteiger partial charge in [-0.05, 0) is 12.2 Å². The molecule has 0 atom stereocenters. The molecule has 1 heterocycles. The summed E-state index contributed by atoms with van der Waals surface area (Å²) >= 11 is 4.53. The Morgan fingerprint density at radius 1 is 1.75 bits per heavy atom. The molecule has 0 amide bonds. The van der Waals surface area contributed by atoms with Crippen LogP contribution in [0.15, 0.2) is 16.7 Å². The monoisotopic (exact) mass is 185 g/mol. The molecule has 0 aliphatic rings. The third-order valence-electron chi connectivity index (χ3n) is 1.12. The molecule has 0 saturated heterocycles. The van der Waals surface area contributed by atoms with Gasteiger partial charge in [0.05, 0.1) is 6.26 Å². The van der Waals surface area contributed by atoms with E-state index in [1.807, 2.05) is 0 Å². The highest BCUT2D eigenvalue weighted by Crippen LogP contribution is 2.12. The van der Waals surface area contributed by atoms with Gasteiger partial charge in [0, 0.05) is 6.07 Å². The summed E-state index contributed by atoms with van der Waals surface area (Å²) in [4.78, 5) is 10.3. The lowest BCUT2D eigenvalue weighted by molar-refractivity contribution is 0.110. The number of aldehydes is 1. The Bertz CT molecular complexity index is 297. The summed E-state index contributed by atoms with van der Waals surface area (Å²) in [6.07, 6.45) is 1.97. The maximum atomic E-state index is 10.3. The van der Waals surface area contributed by atoms with Crippen molar-refractivity contribution < 1.29 is 9.21 Å². The molecule has 1 aromatic heterocycles. The highest BCUT2D eigenvalue weighted by atomic mass is 32.1. The summed E-state index contributed by atoms with van der Waals surface area (Å²) in [5.74, 6) is 0.193. The fourth-order valence-electron chi connectivity index (χ4n) is 0.644. The molecule has 0 spiro atoms. The molecule has 0 aromatic carbocycles. The fraction of sp³-hybridized carbons (Fsp3) is 0. The lowest BCUT2D eigenvalue weighted by atomic mass is 10.4. The van der Waals surface area contributed by atoms with Crippen molar-refractivity contribution in [2.75, 3.05) is 5.43 Å². The van der Waals surface area contributed by atoms with E-state index in [1.165, 1.54) is 6.26 Å². The van der Waals surface area contributed by atoms with Gasteiger partial charge in [-0.1, -0.05) is 0 Å². The van der Waals surface area contributed by atoms with Crippen LogP contribution in [-0.2, 0) is 0 Å². The van der Waals surface area contributed by atoms with Crippen molar-refractivity contribution in [3.63, 3.8) is 0 Å². The van der Waals surface area contributed by atoms with Crippen LogP contribution in [0.25, 0.3) is 0 Å². The van der Waals surface area contributed by atoms with Gasteiger partial charge in [0.15, 0.2) is 17.2 Å². The minimum Gasteiger partial charge on any atom is -0.459 e. The summed E-state index contributed by atoms with van der Waals surface area (Å²) in [6, 6.07) is 1.58. The Morgan fingerprint density at radius 2 is 2.50 bits per heavy atom. The van der Waals surface area contributed by atoms with Gasteiger partial charge in [-0.3, -0.25) is 15.6 Å². The van der Waals surface area contributed by atoms with Gasteiger partial charge in [0.2, 0.25) is 0 Å². The Labute approximate surface area is 73.9 Å². The number of nitrogens with one attached hydrogen (secondary N) is 2. The number of hydrogen-bond donors (Lipinski definition) is 3. The minimum atomic E-state index is 0.0908. The Kier molecular flexibility index (Phi) is 2.65. The number of nitrogens with two attached hydrogens (primary N) is 1. The van der Waals surface area contributed by atoms with Crippen molar-refractivity contribution in [2.45, 2.75) is 0 Å². The maximum absolute atomic E-state index is 10.3. The lowest BCUT2D eigenvalue weighted by Gasteiger charge is -2.04. The predicted molar refractivity (Wildman–Crippen MR) is 47.6 cm³/mol. The van der Waals surface area contributed by atoms with Gasteiger partial charge >= 0.3 is 0 Å². The SMILES string of the molecule is NC(=S)NNc1ccoc1C=O. The normalized spacial score (nSPS) is 9.00. The smallest absolute Gasteiger partial charge is 0.191 e. The number of anilines is 1. The molecule has 5 nitrogen and oxygen atoms in total. The van der Waals surface area contributed by atoms with Crippen molar-refractivity contribution >= 4 is 29.3 Å². The zero-order chi connectivity index (χ0) is 8.97. The molecule has 64 valence electrons. The largest absolute Gasteiger partial charge is 0.459 e. The highest BCUT2D eigenvalue weighted by Gasteiger charge is 2.02. The topological polar surface area (TPSA) is 80.3 Å². The summed E-state index contributed by atoms with van der Waals surface area (Å²) in [7, 11) is 0. The van der Waals surface area contributed by atoms with Crippen molar-refractivity contribution in [2.24, 2.45) is 5.73 Å². The van der Waals surface area contributed by atoms with E-state index in [0.717, 1.165) is 0 Å². The lowest BCUT2D eigenvalue weighted by Crippen LogP contribution is -2.34. The molecule has 4 N–H and O–H groups in total. The summed E-state index contributed by atoms with van der Waals surface area (Å²) in [5.41, 5.74) is 10.7. The molecule has 0 saturated carbocycles. The van der Waals surface area contributed by atoms with Gasteiger partial charge in [-0.2, -0.15) is 0 Å². The van der Waals surface area contributed by atoms with Crippen molar-refractivity contribution in [1.29, 1.82) is 0 Å². The molecule has 12 heavy (non-hydrogen) atoms. The summed E-state index contributed by atoms with van der Waals surface area (Å²) in [5, 5.41) is 0.0908. The molecule has 0 radical (unpaired) electrons. The van der Waals surface area contributed by atoms with Crippen LogP contribution >= 0.6 is 12.2 Å². The van der Waals surface area contributed by atoms with Crippen LogP contribution in [0.5, 0.6) is 0 Å². The summed E-state index contributed by atoms with van der Waals surface area (Å²) in [6.45, 7) is 0. The van der Waals surface area contributed by atoms with E-state index in [-0.39, 0.29) is 10.9 Å². The predicted octanol–water partition coefficient (Wildman–Crippen LogP) is 0.252. The van der Waals surface area contributed by atoms with Crippen LogP contribution in [-0.4, -0.2) is 11.4 Å². The van der Waals surface area contributed by atoms with Gasteiger partial charge in [-0.25, -0.2) is 0 Å². The van der Waals surface area contributed by atoms with Crippen molar-refractivity contribution in [3.05, 3.63) is 18.1 Å². The highest BCUT2D eigenvalue weighted by molar-refractivity contribution is 7.80. The second-order valence-electron chi connectivity index (χ2n) is 1.93. The van der Waals surface area contributed by atoms with Crippen LogP contribution in [0.2, 0.25) is 0 Å². The second kappa shape index (κ2) is 3.72. The molecular formula is C6H7N3O2S. The maximum Gasteiger partial charge on any atom is 0.191 e. The fourth-order valence-corrected chi connectivity index (χ4v) is 0.695. The molecule has 0 bridgehead atoms. The summed E-state index contributed by atoms with van der Waals surface area (Å²) < 4.78 is 4.79. The zero-order valence-corrected chi connectivity index (χ0v) is 6.85. The van der Waals surface area contributed by atoms with Crippen molar-refractivity contribution in [3.8, 4) is 0 Å². The van der Waals surface area contributed by atoms with Gasteiger partial charge < -0.3 is 10.2 Å². The van der Waals surface area contributed by atoms with Gasteiger partial charge in [0.1, 0.15) is 5.69 Å². The van der Waals surface area contributed by atoms with E-state index in [1.54, 1.807) is 6.07 Å². The number of carbonyl (C=O) groups excluding carboxylic acids is 1. The molecule has 0 unspecified atom stereocenters. The first kappa shape index (κ1) is 8.54. The number of thiocarbonyl (C=S) groups is 1. The van der Waals surface area contributed by atoms with Crippen LogP contribution in [0.4, 0.5) is 5.69 Å². The van der Waals surface area contributed by atoms with Crippen molar-refractivity contribution in [1.82, 2.24) is 5.43 Å². The van der Waals surface area contributed by atoms with E-state index in [0.29, 0.717) is 12.0 Å². The first-order valence-corrected chi connectivity index (χ1v) is 3.49. The van der Waals surface area contributed by atoms with Gasteiger partial charge in [0.25, 0.3) is 0 Å². The first-order valence-electron chi connectivity index (χ1n) is 3.08. The third kappa shape index (κ3) is 1.96. The van der Waals surface area contributed by atoms with Crippen LogP contribution in [0, 0.1) is 0 Å². The second-order valence-corrected chi connectivity index (χ2v) is 2.37. The molecule has 6 heteroatoms. The average molecular weight is 185 g/mol. The molecule has 0 aliphatic carbocycles. The Balaban J connectivity index is 2.62. The van der Waals surface area contributed by atoms with Gasteiger partial charge in [-0.15, -0.1) is 0 Å². The van der Waals surface area contributed by atoms with E-state index >= 15 is 0 Å². The standard InChI is InChI=1S/C6H7N3O2S/c7-6(12)9-8-4-1-2-11-5(4)3-10/h1-3,8H,(H3,7,9,12).